The van der Waals surface area contributed by atoms with Gasteiger partial charge in [0.2, 0.25) is 5.91 Å². The highest BCUT2D eigenvalue weighted by atomic mass is 79.9. The number of carbonyl (C=O) groups is 2. The smallest absolute Gasteiger partial charge is 0.313 e. The van der Waals surface area contributed by atoms with Crippen LogP contribution in [0.2, 0.25) is 0 Å². The van der Waals surface area contributed by atoms with E-state index in [0.29, 0.717) is 13.1 Å². The Morgan fingerprint density at radius 3 is 2.28 bits per heavy atom. The maximum Gasteiger partial charge on any atom is 0.313 e. The lowest BCUT2D eigenvalue weighted by atomic mass is 9.93. The minimum absolute atomic E-state index is 0.129. The van der Waals surface area contributed by atoms with Crippen molar-refractivity contribution in [2.24, 2.45) is 5.41 Å². The van der Waals surface area contributed by atoms with E-state index in [-0.39, 0.29) is 24.2 Å². The second-order valence-electron chi connectivity index (χ2n) is 7.42. The monoisotopic (exact) mass is 464 g/mol. The van der Waals surface area contributed by atoms with Gasteiger partial charge >= 0.3 is 5.97 Å². The fraction of sp³-hybridized carbons (Fsp3) is 0.364. The summed E-state index contributed by atoms with van der Waals surface area (Å²) in [6.07, 6.45) is 0. The van der Waals surface area contributed by atoms with Crippen LogP contribution in [0.1, 0.15) is 20.8 Å². The van der Waals surface area contributed by atoms with Gasteiger partial charge in [0.05, 0.1) is 12.5 Å². The van der Waals surface area contributed by atoms with Crippen LogP contribution >= 0.6 is 15.9 Å². The van der Waals surface area contributed by atoms with Crippen LogP contribution in [0.3, 0.4) is 0 Å². The Morgan fingerprint density at radius 1 is 1.07 bits per heavy atom. The molecule has 0 heterocycles. The van der Waals surface area contributed by atoms with Gasteiger partial charge in [-0.1, -0.05) is 22.0 Å². The summed E-state index contributed by atoms with van der Waals surface area (Å²) in [7, 11) is 1.34. The summed E-state index contributed by atoms with van der Waals surface area (Å²) in [6.45, 7) is 6.08. The molecule has 2 aromatic carbocycles. The van der Waals surface area contributed by atoms with Crippen LogP contribution in [-0.4, -0.2) is 43.5 Å². The predicted octanol–water partition coefficient (Wildman–Crippen LogP) is 4.77. The van der Waals surface area contributed by atoms with Gasteiger partial charge < -0.3 is 14.5 Å². The zero-order chi connectivity index (χ0) is 21.6. The molecule has 0 unspecified atom stereocenters. The highest BCUT2D eigenvalue weighted by molar-refractivity contribution is 9.10. The summed E-state index contributed by atoms with van der Waals surface area (Å²) >= 11 is 3.48. The zero-order valence-electron chi connectivity index (χ0n) is 17.1. The number of amides is 1. The number of carbonyl (C=O) groups excluding carboxylic acids is 2. The number of hydrogen-bond acceptors (Lipinski definition) is 4. The molecule has 2 rings (SSSR count). The van der Waals surface area contributed by atoms with E-state index in [9.17, 15) is 14.0 Å². The number of anilines is 2. The third kappa shape index (κ3) is 6.29. The Kier molecular flexibility index (Phi) is 7.79. The number of nitrogens with zero attached hydrogens (tertiary/aromatic N) is 2. The molecule has 0 radical (unpaired) electrons. The van der Waals surface area contributed by atoms with Crippen molar-refractivity contribution >= 4 is 39.2 Å². The zero-order valence-corrected chi connectivity index (χ0v) is 18.7. The van der Waals surface area contributed by atoms with E-state index in [1.54, 1.807) is 30.9 Å². The molecule has 0 aromatic heterocycles. The van der Waals surface area contributed by atoms with E-state index in [1.165, 1.54) is 26.2 Å². The first-order chi connectivity index (χ1) is 13.6. The van der Waals surface area contributed by atoms with E-state index in [2.05, 4.69) is 15.9 Å². The van der Waals surface area contributed by atoms with E-state index in [0.717, 1.165) is 15.8 Å². The maximum atomic E-state index is 13.4. The summed E-state index contributed by atoms with van der Waals surface area (Å²) in [5.74, 6) is -0.811. The highest BCUT2D eigenvalue weighted by Gasteiger charge is 2.32. The van der Waals surface area contributed by atoms with Gasteiger partial charge in [0.25, 0.3) is 0 Å². The van der Waals surface area contributed by atoms with Gasteiger partial charge in [-0.05, 0) is 56.3 Å². The first-order valence-electron chi connectivity index (χ1n) is 9.26. The third-order valence-electron chi connectivity index (χ3n) is 4.62. The Bertz CT molecular complexity index is 855. The summed E-state index contributed by atoms with van der Waals surface area (Å²) < 4.78 is 19.2. The number of halogens is 2. The molecule has 0 N–H and O–H groups in total. The SMILES string of the molecule is COC(=O)C(C)(C)CN(CCN(c1ccc(F)cc1)c1cccc(Br)c1)C(C)=O. The van der Waals surface area contributed by atoms with Gasteiger partial charge in [0.1, 0.15) is 5.82 Å². The van der Waals surface area contributed by atoms with Crippen molar-refractivity contribution in [3.8, 4) is 0 Å². The topological polar surface area (TPSA) is 49.9 Å². The Balaban J connectivity index is 2.26. The summed E-state index contributed by atoms with van der Waals surface area (Å²) in [6, 6.07) is 14.0. The number of esters is 1. The van der Waals surface area contributed by atoms with Crippen LogP contribution in [0.25, 0.3) is 0 Å². The number of methoxy groups -OCH3 is 1. The molecule has 0 aliphatic heterocycles. The Morgan fingerprint density at radius 2 is 1.72 bits per heavy atom. The number of ether oxygens (including phenoxy) is 1. The normalized spacial score (nSPS) is 11.1. The van der Waals surface area contributed by atoms with Gasteiger partial charge in [-0.2, -0.15) is 0 Å². The van der Waals surface area contributed by atoms with Crippen molar-refractivity contribution in [2.45, 2.75) is 20.8 Å². The van der Waals surface area contributed by atoms with Crippen molar-refractivity contribution in [2.75, 3.05) is 31.6 Å². The van der Waals surface area contributed by atoms with E-state index in [1.807, 2.05) is 29.2 Å². The molecule has 1 amide bonds. The van der Waals surface area contributed by atoms with Crippen LogP contribution in [0.4, 0.5) is 15.8 Å². The molecule has 0 atom stereocenters. The molecule has 0 saturated carbocycles. The lowest BCUT2D eigenvalue weighted by molar-refractivity contribution is -0.152. The van der Waals surface area contributed by atoms with Crippen molar-refractivity contribution in [1.82, 2.24) is 4.90 Å². The predicted molar refractivity (Wildman–Crippen MR) is 116 cm³/mol. The van der Waals surface area contributed by atoms with Gasteiger partial charge in [-0.15, -0.1) is 0 Å². The fourth-order valence-corrected chi connectivity index (χ4v) is 3.45. The quantitative estimate of drug-likeness (QED) is 0.527. The van der Waals surface area contributed by atoms with Crippen molar-refractivity contribution in [3.05, 3.63) is 58.8 Å². The van der Waals surface area contributed by atoms with Crippen LogP contribution in [0.5, 0.6) is 0 Å². The molecule has 156 valence electrons. The highest BCUT2D eigenvalue weighted by Crippen LogP contribution is 2.28. The minimum atomic E-state index is -0.823. The standard InChI is InChI=1S/C22H26BrFN2O3/c1-16(27)25(15-22(2,3)21(28)29-4)12-13-26(19-10-8-18(24)9-11-19)20-7-5-6-17(23)14-20/h5-11,14H,12-13,15H2,1-4H3. The second-order valence-corrected chi connectivity index (χ2v) is 8.34. The Hall–Kier alpha value is -2.41. The van der Waals surface area contributed by atoms with Gasteiger partial charge in [0, 0.05) is 42.4 Å². The molecular formula is C22H26BrFN2O3. The molecule has 0 bridgehead atoms. The molecule has 0 spiro atoms. The lowest BCUT2D eigenvalue weighted by Crippen LogP contribution is -2.44. The van der Waals surface area contributed by atoms with E-state index in [4.69, 9.17) is 4.74 Å². The molecule has 0 aliphatic rings. The lowest BCUT2D eigenvalue weighted by Gasteiger charge is -2.33. The van der Waals surface area contributed by atoms with Crippen molar-refractivity contribution in [3.63, 3.8) is 0 Å². The molecule has 0 fully saturated rings. The van der Waals surface area contributed by atoms with Crippen molar-refractivity contribution < 1.29 is 18.7 Å². The van der Waals surface area contributed by atoms with Crippen molar-refractivity contribution in [1.29, 1.82) is 0 Å². The molecule has 2 aromatic rings. The fourth-order valence-electron chi connectivity index (χ4n) is 3.06. The molecule has 0 aliphatic carbocycles. The number of rotatable bonds is 8. The van der Waals surface area contributed by atoms with Gasteiger partial charge in [-0.3, -0.25) is 9.59 Å². The van der Waals surface area contributed by atoms with Crippen LogP contribution in [0.15, 0.2) is 53.0 Å². The summed E-state index contributed by atoms with van der Waals surface area (Å²) in [5, 5.41) is 0. The number of benzene rings is 2. The number of hydrogen-bond donors (Lipinski definition) is 0. The third-order valence-corrected chi connectivity index (χ3v) is 5.11. The summed E-state index contributed by atoms with van der Waals surface area (Å²) in [4.78, 5) is 27.9. The van der Waals surface area contributed by atoms with Gasteiger partial charge in [-0.25, -0.2) is 4.39 Å². The average molecular weight is 465 g/mol. The first kappa shape index (κ1) is 22.9. The van der Waals surface area contributed by atoms with E-state index < -0.39 is 5.41 Å². The average Bonchev–Trinajstić information content (AvgIpc) is 2.67. The molecule has 0 saturated heterocycles. The van der Waals surface area contributed by atoms with E-state index >= 15 is 0 Å². The molecule has 29 heavy (non-hydrogen) atoms. The summed E-state index contributed by atoms with van der Waals surface area (Å²) in [5.41, 5.74) is 0.888. The maximum absolute atomic E-state index is 13.4. The first-order valence-corrected chi connectivity index (χ1v) is 10.1. The van der Waals surface area contributed by atoms with Crippen LogP contribution < -0.4 is 4.90 Å². The van der Waals surface area contributed by atoms with Crippen LogP contribution in [0, 0.1) is 11.2 Å². The molecular weight excluding hydrogens is 439 g/mol. The Labute approximate surface area is 179 Å². The van der Waals surface area contributed by atoms with Gasteiger partial charge in [0.15, 0.2) is 0 Å². The largest absolute Gasteiger partial charge is 0.469 e. The minimum Gasteiger partial charge on any atom is -0.469 e. The second kappa shape index (κ2) is 9.87. The van der Waals surface area contributed by atoms with Crippen LogP contribution in [-0.2, 0) is 14.3 Å². The molecule has 7 heteroatoms. The molecule has 5 nitrogen and oxygen atoms in total.